The number of thioether (sulfide) groups is 1. The van der Waals surface area contributed by atoms with Crippen LogP contribution in [0.1, 0.15) is 0 Å². The summed E-state index contributed by atoms with van der Waals surface area (Å²) in [7, 11) is 0. The second kappa shape index (κ2) is 18.5. The van der Waals surface area contributed by atoms with Crippen LogP contribution in [0.2, 0.25) is 0 Å². The van der Waals surface area contributed by atoms with E-state index >= 15 is 0 Å². The Morgan fingerprint density at radius 2 is 1.20 bits per heavy atom. The Balaban J connectivity index is -0.0000000200. The molecule has 1 N–H and O–H groups in total. The first-order valence-electron chi connectivity index (χ1n) is 0.816. The first-order chi connectivity index (χ1) is 1.41. The number of hydrogen-bond donors (Lipinski definition) is 0. The maximum Gasteiger partial charge on any atom is 1.00 e. The largest absolute Gasteiger partial charge is 1.00 e. The van der Waals surface area contributed by atoms with Gasteiger partial charge >= 0.3 is 29.6 Å². The topological polar surface area (TPSA) is 30.0 Å². The second-order valence-electron chi connectivity index (χ2n) is 0.408. The molecule has 0 aliphatic carbocycles. The summed E-state index contributed by atoms with van der Waals surface area (Å²) in [5, 5.41) is 0. The molecule has 0 rings (SSSR count). The van der Waals surface area contributed by atoms with Gasteiger partial charge in [0.2, 0.25) is 0 Å². The molecule has 0 unspecified atom stereocenters. The van der Waals surface area contributed by atoms with E-state index in [1.807, 2.05) is 12.5 Å². The van der Waals surface area contributed by atoms with Gasteiger partial charge in [-0.3, -0.25) is 0 Å². The molecule has 0 aromatic heterocycles. The molecule has 0 radical (unpaired) electrons. The zero-order valence-electron chi connectivity index (χ0n) is 3.86. The molecular formula is C2H7NaOS. The molecular weight excluding hydrogens is 95.1 g/mol. The van der Waals surface area contributed by atoms with Crippen molar-refractivity contribution in [3.8, 4) is 0 Å². The Morgan fingerprint density at radius 1 is 1.20 bits per heavy atom. The molecule has 0 aromatic carbocycles. The minimum atomic E-state index is 0. The Kier molecular flexibility index (Phi) is 60.0. The van der Waals surface area contributed by atoms with Crippen LogP contribution in [-0.2, 0) is 0 Å². The van der Waals surface area contributed by atoms with E-state index in [0.29, 0.717) is 0 Å². The average molecular weight is 102 g/mol. The van der Waals surface area contributed by atoms with Crippen LogP contribution in [-0.4, -0.2) is 18.0 Å². The molecule has 0 aliphatic rings. The third-order valence-corrected chi connectivity index (χ3v) is 0. The summed E-state index contributed by atoms with van der Waals surface area (Å²) in [5.41, 5.74) is 0. The summed E-state index contributed by atoms with van der Waals surface area (Å²) in [4.78, 5) is 0. The minimum Gasteiger partial charge on any atom is -0.870 e. The summed E-state index contributed by atoms with van der Waals surface area (Å²) >= 11 is 1.75. The van der Waals surface area contributed by atoms with Crippen LogP contribution < -0.4 is 29.6 Å². The SMILES string of the molecule is CSC.[Na+].[OH-]. The van der Waals surface area contributed by atoms with Gasteiger partial charge in [-0.15, -0.1) is 0 Å². The molecule has 28 valence electrons. The van der Waals surface area contributed by atoms with E-state index in [1.165, 1.54) is 0 Å². The Morgan fingerprint density at radius 3 is 1.20 bits per heavy atom. The molecule has 0 saturated heterocycles. The predicted molar refractivity (Wildman–Crippen MR) is 21.4 cm³/mol. The molecule has 0 fully saturated rings. The second-order valence-corrected chi connectivity index (χ2v) is 1.22. The molecule has 0 aliphatic heterocycles. The van der Waals surface area contributed by atoms with Gasteiger partial charge in [-0.2, -0.15) is 11.8 Å². The fourth-order valence-electron chi connectivity index (χ4n) is 0. The number of hydrogen-bond acceptors (Lipinski definition) is 2. The van der Waals surface area contributed by atoms with E-state index in [9.17, 15) is 0 Å². The molecule has 0 heterocycles. The van der Waals surface area contributed by atoms with Crippen molar-refractivity contribution in [1.29, 1.82) is 0 Å². The van der Waals surface area contributed by atoms with E-state index in [4.69, 9.17) is 0 Å². The van der Waals surface area contributed by atoms with E-state index < -0.39 is 0 Å². The zero-order chi connectivity index (χ0) is 2.71. The molecule has 0 aromatic rings. The first-order valence-corrected chi connectivity index (χ1v) is 2.45. The predicted octanol–water partition coefficient (Wildman–Crippen LogP) is -2.19. The zero-order valence-corrected chi connectivity index (χ0v) is 6.67. The minimum absolute atomic E-state index is 0. The van der Waals surface area contributed by atoms with Crippen molar-refractivity contribution in [1.82, 2.24) is 0 Å². The number of rotatable bonds is 0. The summed E-state index contributed by atoms with van der Waals surface area (Å²) in [6.07, 6.45) is 4.08. The third kappa shape index (κ3) is 33.9. The van der Waals surface area contributed by atoms with Gasteiger partial charge < -0.3 is 5.48 Å². The van der Waals surface area contributed by atoms with Crippen molar-refractivity contribution in [2.75, 3.05) is 12.5 Å². The molecule has 1 nitrogen and oxygen atoms in total. The average Bonchev–Trinajstić information content (AvgIpc) is 0.918. The summed E-state index contributed by atoms with van der Waals surface area (Å²) < 4.78 is 0. The summed E-state index contributed by atoms with van der Waals surface area (Å²) in [6.45, 7) is 0. The first kappa shape index (κ1) is 16.2. The Hall–Kier alpha value is 1.31. The molecule has 0 atom stereocenters. The standard InChI is InChI=1S/C2H6S.Na.H2O/c1-3-2;;/h1-2H3;;1H2/q;+1;/p-1. The van der Waals surface area contributed by atoms with Crippen molar-refractivity contribution < 1.29 is 35.0 Å². The van der Waals surface area contributed by atoms with Gasteiger partial charge in [-0.25, -0.2) is 0 Å². The van der Waals surface area contributed by atoms with Gasteiger partial charge in [0, 0.05) is 0 Å². The molecule has 0 bridgehead atoms. The van der Waals surface area contributed by atoms with Crippen molar-refractivity contribution in [3.05, 3.63) is 0 Å². The van der Waals surface area contributed by atoms with Crippen molar-refractivity contribution >= 4 is 11.8 Å². The van der Waals surface area contributed by atoms with Gasteiger partial charge in [0.25, 0.3) is 0 Å². The Bertz CT molecular complexity index is 9.61. The molecule has 0 spiro atoms. The van der Waals surface area contributed by atoms with Crippen LogP contribution >= 0.6 is 11.8 Å². The van der Waals surface area contributed by atoms with Crippen molar-refractivity contribution in [3.63, 3.8) is 0 Å². The fourth-order valence-corrected chi connectivity index (χ4v) is 0. The maximum absolute atomic E-state index is 2.04. The molecule has 5 heavy (non-hydrogen) atoms. The summed E-state index contributed by atoms with van der Waals surface area (Å²) in [5.74, 6) is 0. The van der Waals surface area contributed by atoms with Gasteiger partial charge in [0.1, 0.15) is 0 Å². The smallest absolute Gasteiger partial charge is 0.870 e. The van der Waals surface area contributed by atoms with E-state index in [2.05, 4.69) is 0 Å². The van der Waals surface area contributed by atoms with Crippen molar-refractivity contribution in [2.45, 2.75) is 0 Å². The van der Waals surface area contributed by atoms with E-state index in [1.54, 1.807) is 11.8 Å². The van der Waals surface area contributed by atoms with Crippen LogP contribution in [0.25, 0.3) is 0 Å². The van der Waals surface area contributed by atoms with Gasteiger partial charge in [0.05, 0.1) is 0 Å². The van der Waals surface area contributed by atoms with Crippen LogP contribution in [0, 0.1) is 0 Å². The van der Waals surface area contributed by atoms with Gasteiger partial charge in [0.15, 0.2) is 0 Å². The van der Waals surface area contributed by atoms with Crippen LogP contribution in [0.4, 0.5) is 0 Å². The molecule has 3 heteroatoms. The molecule has 0 amide bonds. The van der Waals surface area contributed by atoms with Gasteiger partial charge in [-0.1, -0.05) is 0 Å². The normalized spacial score (nSPS) is 3.60. The third-order valence-electron chi connectivity index (χ3n) is 0. The molecule has 0 saturated carbocycles. The Labute approximate surface area is 59.1 Å². The van der Waals surface area contributed by atoms with Gasteiger partial charge in [-0.05, 0) is 12.5 Å². The van der Waals surface area contributed by atoms with Crippen LogP contribution in [0.3, 0.4) is 0 Å². The van der Waals surface area contributed by atoms with Crippen molar-refractivity contribution in [2.24, 2.45) is 0 Å². The van der Waals surface area contributed by atoms with E-state index in [0.717, 1.165) is 0 Å². The monoisotopic (exact) mass is 102 g/mol. The fraction of sp³-hybridized carbons (Fsp3) is 1.00. The maximum atomic E-state index is 2.04. The van der Waals surface area contributed by atoms with E-state index in [-0.39, 0.29) is 35.0 Å². The van der Waals surface area contributed by atoms with Crippen LogP contribution in [0.15, 0.2) is 0 Å². The quantitative estimate of drug-likeness (QED) is 0.325. The summed E-state index contributed by atoms with van der Waals surface area (Å²) in [6, 6.07) is 0. The van der Waals surface area contributed by atoms with Crippen LogP contribution in [0.5, 0.6) is 0 Å².